The summed E-state index contributed by atoms with van der Waals surface area (Å²) in [7, 11) is 1.75. The summed E-state index contributed by atoms with van der Waals surface area (Å²) in [5.41, 5.74) is 5.80. The van der Waals surface area contributed by atoms with Gasteiger partial charge in [-0.3, -0.25) is 19.2 Å². The number of amides is 2. The fourth-order valence-electron chi connectivity index (χ4n) is 2.44. The Hall–Kier alpha value is -1.89. The Morgan fingerprint density at radius 3 is 2.60 bits per heavy atom. The summed E-state index contributed by atoms with van der Waals surface area (Å²) in [6, 6.07) is 1.37. The summed E-state index contributed by atoms with van der Waals surface area (Å²) in [5.74, 6) is -0.711. The maximum Gasteiger partial charge on any atom is 0.275 e. The quantitative estimate of drug-likeness (QED) is 0.804. The highest BCUT2D eigenvalue weighted by atomic mass is 16.2. The SMILES string of the molecule is CC(C)N1CCN(C(=O)c2ccn(C)n2)C(C(N)=O)C1. The van der Waals surface area contributed by atoms with Crippen LogP contribution in [0.4, 0.5) is 0 Å². The molecule has 2 rings (SSSR count). The summed E-state index contributed by atoms with van der Waals surface area (Å²) < 4.78 is 1.57. The largest absolute Gasteiger partial charge is 0.368 e. The molecule has 1 aliphatic rings. The Morgan fingerprint density at radius 2 is 2.10 bits per heavy atom. The molecule has 0 aliphatic carbocycles. The van der Waals surface area contributed by atoms with Crippen LogP contribution in [-0.4, -0.2) is 63.1 Å². The number of carbonyl (C=O) groups excluding carboxylic acids is 2. The van der Waals surface area contributed by atoms with Gasteiger partial charge in [0, 0.05) is 38.9 Å². The smallest absolute Gasteiger partial charge is 0.275 e. The number of nitrogens with zero attached hydrogens (tertiary/aromatic N) is 4. The molecule has 0 bridgehead atoms. The van der Waals surface area contributed by atoms with Gasteiger partial charge >= 0.3 is 0 Å². The maximum absolute atomic E-state index is 12.4. The second kappa shape index (κ2) is 5.62. The van der Waals surface area contributed by atoms with Crippen molar-refractivity contribution in [3.63, 3.8) is 0 Å². The average Bonchev–Trinajstić information content (AvgIpc) is 2.83. The zero-order chi connectivity index (χ0) is 14.9. The Morgan fingerprint density at radius 1 is 1.40 bits per heavy atom. The van der Waals surface area contributed by atoms with Crippen LogP contribution in [0.3, 0.4) is 0 Å². The normalized spacial score (nSPS) is 20.4. The summed E-state index contributed by atoms with van der Waals surface area (Å²) in [6.45, 7) is 5.83. The van der Waals surface area contributed by atoms with Gasteiger partial charge in [-0.25, -0.2) is 0 Å². The van der Waals surface area contributed by atoms with Crippen LogP contribution in [0.5, 0.6) is 0 Å². The molecule has 1 unspecified atom stereocenters. The minimum absolute atomic E-state index is 0.238. The van der Waals surface area contributed by atoms with E-state index in [-0.39, 0.29) is 5.91 Å². The molecule has 1 atom stereocenters. The number of aromatic nitrogens is 2. The average molecular weight is 279 g/mol. The fraction of sp³-hybridized carbons (Fsp3) is 0.615. The predicted molar refractivity (Wildman–Crippen MR) is 73.9 cm³/mol. The van der Waals surface area contributed by atoms with Crippen LogP contribution in [0.25, 0.3) is 0 Å². The second-order valence-corrected chi connectivity index (χ2v) is 5.38. The molecule has 1 fully saturated rings. The fourth-order valence-corrected chi connectivity index (χ4v) is 2.44. The van der Waals surface area contributed by atoms with Crippen molar-refractivity contribution in [2.75, 3.05) is 19.6 Å². The first-order valence-corrected chi connectivity index (χ1v) is 6.74. The van der Waals surface area contributed by atoms with Gasteiger partial charge in [-0.1, -0.05) is 0 Å². The lowest BCUT2D eigenvalue weighted by molar-refractivity contribution is -0.124. The van der Waals surface area contributed by atoms with Crippen molar-refractivity contribution in [1.82, 2.24) is 19.6 Å². The molecule has 2 amide bonds. The van der Waals surface area contributed by atoms with Crippen LogP contribution in [-0.2, 0) is 11.8 Å². The lowest BCUT2D eigenvalue weighted by atomic mass is 10.1. The van der Waals surface area contributed by atoms with Gasteiger partial charge in [-0.05, 0) is 19.9 Å². The first kappa shape index (κ1) is 14.5. The number of nitrogens with two attached hydrogens (primary N) is 1. The zero-order valence-electron chi connectivity index (χ0n) is 12.1. The first-order chi connectivity index (χ1) is 9.40. The number of carbonyl (C=O) groups is 2. The van der Waals surface area contributed by atoms with Gasteiger partial charge in [0.1, 0.15) is 11.7 Å². The molecule has 1 aliphatic heterocycles. The summed E-state index contributed by atoms with van der Waals surface area (Å²) in [4.78, 5) is 27.8. The van der Waals surface area contributed by atoms with Crippen LogP contribution in [0.2, 0.25) is 0 Å². The van der Waals surface area contributed by atoms with Gasteiger partial charge in [-0.15, -0.1) is 0 Å². The predicted octanol–water partition coefficient (Wildman–Crippen LogP) is -0.560. The van der Waals surface area contributed by atoms with Gasteiger partial charge in [0.2, 0.25) is 5.91 Å². The highest BCUT2D eigenvalue weighted by Gasteiger charge is 2.35. The van der Waals surface area contributed by atoms with Crippen LogP contribution in [0, 0.1) is 0 Å². The third kappa shape index (κ3) is 2.82. The van der Waals surface area contributed by atoms with E-state index in [0.29, 0.717) is 24.8 Å². The van der Waals surface area contributed by atoms with E-state index in [2.05, 4.69) is 23.8 Å². The Bertz CT molecular complexity index is 511. The van der Waals surface area contributed by atoms with Crippen molar-refractivity contribution >= 4 is 11.8 Å². The third-order valence-electron chi connectivity index (χ3n) is 3.66. The standard InChI is InChI=1S/C13H21N5O2/c1-9(2)17-6-7-18(11(8-17)12(14)19)13(20)10-4-5-16(3)15-10/h4-5,9,11H,6-8H2,1-3H3,(H2,14,19). The first-order valence-electron chi connectivity index (χ1n) is 6.74. The molecular weight excluding hydrogens is 258 g/mol. The van der Waals surface area contributed by atoms with Crippen molar-refractivity contribution in [2.24, 2.45) is 12.8 Å². The van der Waals surface area contributed by atoms with Gasteiger partial charge in [0.15, 0.2) is 0 Å². The minimum Gasteiger partial charge on any atom is -0.368 e. The molecule has 1 aromatic rings. The zero-order valence-corrected chi connectivity index (χ0v) is 12.1. The van der Waals surface area contributed by atoms with Crippen molar-refractivity contribution in [2.45, 2.75) is 25.9 Å². The Kier molecular flexibility index (Phi) is 4.08. The maximum atomic E-state index is 12.4. The van der Waals surface area contributed by atoms with Gasteiger partial charge < -0.3 is 10.6 Å². The van der Waals surface area contributed by atoms with Gasteiger partial charge in [0.05, 0.1) is 0 Å². The molecule has 0 radical (unpaired) electrons. The third-order valence-corrected chi connectivity index (χ3v) is 3.66. The molecule has 0 spiro atoms. The molecule has 1 saturated heterocycles. The molecule has 1 aromatic heterocycles. The highest BCUT2D eigenvalue weighted by molar-refractivity contribution is 5.96. The van der Waals surface area contributed by atoms with E-state index >= 15 is 0 Å². The van der Waals surface area contributed by atoms with Crippen molar-refractivity contribution < 1.29 is 9.59 Å². The number of aryl methyl sites for hydroxylation is 1. The molecule has 7 nitrogen and oxygen atoms in total. The molecule has 2 heterocycles. The highest BCUT2D eigenvalue weighted by Crippen LogP contribution is 2.15. The number of hydrogen-bond donors (Lipinski definition) is 1. The molecule has 7 heteroatoms. The Labute approximate surface area is 118 Å². The lowest BCUT2D eigenvalue weighted by Gasteiger charge is -2.41. The van der Waals surface area contributed by atoms with Crippen molar-refractivity contribution in [3.05, 3.63) is 18.0 Å². The molecular formula is C13H21N5O2. The molecule has 0 saturated carbocycles. The monoisotopic (exact) mass is 279 g/mol. The second-order valence-electron chi connectivity index (χ2n) is 5.38. The van der Waals surface area contributed by atoms with E-state index in [9.17, 15) is 9.59 Å². The number of primary amides is 1. The number of hydrogen-bond acceptors (Lipinski definition) is 4. The van der Waals surface area contributed by atoms with Crippen molar-refractivity contribution in [1.29, 1.82) is 0 Å². The van der Waals surface area contributed by atoms with Crippen LogP contribution >= 0.6 is 0 Å². The van der Waals surface area contributed by atoms with Crippen molar-refractivity contribution in [3.8, 4) is 0 Å². The van der Waals surface area contributed by atoms with E-state index in [1.807, 2.05) is 0 Å². The molecule has 20 heavy (non-hydrogen) atoms. The van der Waals surface area contributed by atoms with Crippen LogP contribution < -0.4 is 5.73 Å². The lowest BCUT2D eigenvalue weighted by Crippen LogP contribution is -2.61. The van der Waals surface area contributed by atoms with Gasteiger partial charge in [0.25, 0.3) is 5.91 Å². The summed E-state index contributed by atoms with van der Waals surface area (Å²) >= 11 is 0. The minimum atomic E-state index is -0.597. The van der Waals surface area contributed by atoms with Crippen LogP contribution in [0.15, 0.2) is 12.3 Å². The Balaban J connectivity index is 2.18. The van der Waals surface area contributed by atoms with E-state index < -0.39 is 11.9 Å². The van der Waals surface area contributed by atoms with E-state index in [0.717, 1.165) is 6.54 Å². The molecule has 110 valence electrons. The topological polar surface area (TPSA) is 84.5 Å². The van der Waals surface area contributed by atoms with Crippen LogP contribution in [0.1, 0.15) is 24.3 Å². The summed E-state index contributed by atoms with van der Waals surface area (Å²) in [5, 5.41) is 4.09. The summed E-state index contributed by atoms with van der Waals surface area (Å²) in [6.07, 6.45) is 1.71. The molecule has 2 N–H and O–H groups in total. The number of rotatable bonds is 3. The number of piperazine rings is 1. The molecule has 0 aromatic carbocycles. The van der Waals surface area contributed by atoms with E-state index in [4.69, 9.17) is 5.73 Å². The van der Waals surface area contributed by atoms with E-state index in [1.165, 1.54) is 4.90 Å². The van der Waals surface area contributed by atoms with E-state index in [1.54, 1.807) is 24.0 Å². The van der Waals surface area contributed by atoms with Gasteiger partial charge in [-0.2, -0.15) is 5.10 Å².